The normalized spacial score (nSPS) is 19.9. The summed E-state index contributed by atoms with van der Waals surface area (Å²) in [6.07, 6.45) is 2.77. The molecule has 0 radical (unpaired) electrons. The summed E-state index contributed by atoms with van der Waals surface area (Å²) in [5.74, 6) is 0.456. The summed E-state index contributed by atoms with van der Waals surface area (Å²) < 4.78 is 11.2. The van der Waals surface area contributed by atoms with Crippen LogP contribution in [-0.4, -0.2) is 36.1 Å². The van der Waals surface area contributed by atoms with E-state index in [9.17, 15) is 14.7 Å². The van der Waals surface area contributed by atoms with Crippen molar-refractivity contribution in [1.29, 1.82) is 0 Å². The highest BCUT2D eigenvalue weighted by molar-refractivity contribution is 6.30. The van der Waals surface area contributed by atoms with Gasteiger partial charge in [-0.25, -0.2) is 0 Å². The molecule has 1 heterocycles. The van der Waals surface area contributed by atoms with Crippen LogP contribution in [0.1, 0.15) is 84.1 Å². The van der Waals surface area contributed by atoms with Crippen molar-refractivity contribution in [2.75, 3.05) is 7.11 Å². The van der Waals surface area contributed by atoms with Crippen molar-refractivity contribution in [1.82, 2.24) is 5.32 Å². The fourth-order valence-electron chi connectivity index (χ4n) is 3.80. The third-order valence-electron chi connectivity index (χ3n) is 5.66. The van der Waals surface area contributed by atoms with Crippen LogP contribution >= 0.6 is 11.6 Å². The second-order valence-corrected chi connectivity index (χ2v) is 8.23. The van der Waals surface area contributed by atoms with Gasteiger partial charge in [-0.2, -0.15) is 0 Å². The highest BCUT2D eigenvalue weighted by Gasteiger charge is 2.28. The minimum atomic E-state index is -0.315. The van der Waals surface area contributed by atoms with Gasteiger partial charge in [-0.3, -0.25) is 9.59 Å². The molecule has 1 aromatic heterocycles. The quantitative estimate of drug-likeness (QED) is 0.617. The van der Waals surface area contributed by atoms with Crippen LogP contribution in [-0.2, 0) is 0 Å². The molecule has 162 valence electrons. The number of methoxy groups -OCH3 is 1. The Kier molecular flexibility index (Phi) is 7.21. The molecule has 0 saturated heterocycles. The molecule has 0 bridgehead atoms. The maximum Gasteiger partial charge on any atom is 0.255 e. The lowest BCUT2D eigenvalue weighted by atomic mass is 9.92. The predicted octanol–water partition coefficient (Wildman–Crippen LogP) is 4.72. The second kappa shape index (κ2) is 9.67. The van der Waals surface area contributed by atoms with Gasteiger partial charge in [-0.05, 0) is 49.4 Å². The van der Waals surface area contributed by atoms with E-state index in [1.54, 1.807) is 26.2 Å². The van der Waals surface area contributed by atoms with E-state index in [0.29, 0.717) is 34.9 Å². The number of rotatable bonds is 7. The lowest BCUT2D eigenvalue weighted by Crippen LogP contribution is -2.38. The molecule has 6 nitrogen and oxygen atoms in total. The number of halogens is 1. The monoisotopic (exact) mass is 433 g/mol. The highest BCUT2D eigenvalue weighted by atomic mass is 35.5. The first-order valence-electron chi connectivity index (χ1n) is 10.3. The van der Waals surface area contributed by atoms with Gasteiger partial charge in [0.2, 0.25) is 0 Å². The maximum absolute atomic E-state index is 13.1. The summed E-state index contributed by atoms with van der Waals surface area (Å²) in [6.45, 7) is 3.65. The highest BCUT2D eigenvalue weighted by Crippen LogP contribution is 2.34. The summed E-state index contributed by atoms with van der Waals surface area (Å²) in [5.41, 5.74) is 1.17. The first-order chi connectivity index (χ1) is 14.3. The molecular formula is C23H28ClNO5. The molecule has 1 aliphatic rings. The van der Waals surface area contributed by atoms with E-state index in [4.69, 9.17) is 20.8 Å². The van der Waals surface area contributed by atoms with E-state index in [2.05, 4.69) is 5.32 Å². The average Bonchev–Trinajstić information content (AvgIpc) is 3.19. The zero-order valence-electron chi connectivity index (χ0n) is 17.5. The van der Waals surface area contributed by atoms with Gasteiger partial charge >= 0.3 is 0 Å². The fraction of sp³-hybridized carbons (Fsp3) is 0.478. The molecule has 2 aromatic rings. The molecule has 1 amide bonds. The maximum atomic E-state index is 13.1. The molecular weight excluding hydrogens is 406 g/mol. The van der Waals surface area contributed by atoms with E-state index < -0.39 is 0 Å². The smallest absolute Gasteiger partial charge is 0.255 e. The minimum absolute atomic E-state index is 0.00412. The van der Waals surface area contributed by atoms with Gasteiger partial charge in [-0.15, -0.1) is 0 Å². The van der Waals surface area contributed by atoms with Crippen LogP contribution < -0.4 is 10.1 Å². The number of aliphatic hydroxyl groups is 1. The van der Waals surface area contributed by atoms with Gasteiger partial charge in [0.15, 0.2) is 11.5 Å². The number of amides is 1. The largest absolute Gasteiger partial charge is 0.497 e. The van der Waals surface area contributed by atoms with Crippen molar-refractivity contribution in [3.05, 3.63) is 51.9 Å². The molecule has 3 rings (SSSR count). The van der Waals surface area contributed by atoms with Gasteiger partial charge in [0.05, 0.1) is 18.8 Å². The predicted molar refractivity (Wildman–Crippen MR) is 115 cm³/mol. The molecule has 0 aliphatic heterocycles. The molecule has 0 spiro atoms. The van der Waals surface area contributed by atoms with E-state index in [1.165, 1.54) is 6.07 Å². The summed E-state index contributed by atoms with van der Waals surface area (Å²) in [4.78, 5) is 25.3. The molecule has 2 N–H and O–H groups in total. The molecule has 1 aliphatic carbocycles. The van der Waals surface area contributed by atoms with Crippen molar-refractivity contribution in [2.24, 2.45) is 0 Å². The molecule has 1 fully saturated rings. The molecule has 30 heavy (non-hydrogen) atoms. The van der Waals surface area contributed by atoms with Crippen LogP contribution in [0.4, 0.5) is 0 Å². The molecule has 0 unspecified atom stereocenters. The van der Waals surface area contributed by atoms with Gasteiger partial charge in [0.25, 0.3) is 5.91 Å². The van der Waals surface area contributed by atoms with Gasteiger partial charge in [0.1, 0.15) is 11.5 Å². The van der Waals surface area contributed by atoms with Gasteiger partial charge in [-0.1, -0.05) is 25.4 Å². The third-order valence-corrected chi connectivity index (χ3v) is 5.87. The number of benzene rings is 1. The summed E-state index contributed by atoms with van der Waals surface area (Å²) in [6, 6.07) is 6.87. The van der Waals surface area contributed by atoms with Gasteiger partial charge < -0.3 is 19.6 Å². The van der Waals surface area contributed by atoms with E-state index in [1.807, 2.05) is 13.0 Å². The Bertz CT molecular complexity index is 914. The number of carbonyl (C=O) groups is 2. The van der Waals surface area contributed by atoms with E-state index in [0.717, 1.165) is 18.4 Å². The number of ether oxygens (including phenoxy) is 1. The van der Waals surface area contributed by atoms with Crippen LogP contribution in [0.25, 0.3) is 0 Å². The zero-order chi connectivity index (χ0) is 21.8. The van der Waals surface area contributed by atoms with Crippen molar-refractivity contribution < 1.29 is 23.8 Å². The Labute approximate surface area is 181 Å². The Morgan fingerprint density at radius 2 is 1.93 bits per heavy atom. The van der Waals surface area contributed by atoms with E-state index >= 15 is 0 Å². The Hall–Kier alpha value is -2.31. The zero-order valence-corrected chi connectivity index (χ0v) is 18.3. The summed E-state index contributed by atoms with van der Waals surface area (Å²) in [5, 5.41) is 13.2. The molecule has 7 heteroatoms. The lowest BCUT2D eigenvalue weighted by Gasteiger charge is -2.26. The SMILES string of the molecule is CCC(=O)c1cc(C(=O)NC2CCC(O)CC2)c([C@@H](C)c2cc(Cl)cc(OC)c2)o1. The fourth-order valence-corrected chi connectivity index (χ4v) is 4.04. The van der Waals surface area contributed by atoms with Crippen LogP contribution in [0.5, 0.6) is 5.75 Å². The number of aliphatic hydroxyl groups excluding tert-OH is 1. The number of carbonyl (C=O) groups excluding carboxylic acids is 2. The Balaban J connectivity index is 1.92. The number of ketones is 1. The van der Waals surface area contributed by atoms with E-state index in [-0.39, 0.29) is 41.9 Å². The number of nitrogens with one attached hydrogen (secondary N) is 1. The number of furan rings is 1. The Morgan fingerprint density at radius 1 is 1.23 bits per heavy atom. The third kappa shape index (κ3) is 5.05. The number of hydrogen-bond donors (Lipinski definition) is 2. The Morgan fingerprint density at radius 3 is 2.57 bits per heavy atom. The second-order valence-electron chi connectivity index (χ2n) is 7.79. The van der Waals surface area contributed by atoms with Crippen molar-refractivity contribution in [3.8, 4) is 5.75 Å². The van der Waals surface area contributed by atoms with Crippen molar-refractivity contribution >= 4 is 23.3 Å². The van der Waals surface area contributed by atoms with Gasteiger partial charge in [0, 0.05) is 29.5 Å². The summed E-state index contributed by atoms with van der Waals surface area (Å²) >= 11 is 6.22. The van der Waals surface area contributed by atoms with Crippen molar-refractivity contribution in [2.45, 2.75) is 64.0 Å². The molecule has 1 atom stereocenters. The topological polar surface area (TPSA) is 88.8 Å². The molecule has 1 saturated carbocycles. The first kappa shape index (κ1) is 22.4. The summed E-state index contributed by atoms with van der Waals surface area (Å²) in [7, 11) is 1.56. The van der Waals surface area contributed by atoms with Crippen LogP contribution in [0.15, 0.2) is 28.7 Å². The first-order valence-corrected chi connectivity index (χ1v) is 10.7. The van der Waals surface area contributed by atoms with Crippen LogP contribution in [0.2, 0.25) is 5.02 Å². The average molecular weight is 434 g/mol. The molecule has 1 aromatic carbocycles. The number of hydrogen-bond acceptors (Lipinski definition) is 5. The van der Waals surface area contributed by atoms with Crippen molar-refractivity contribution in [3.63, 3.8) is 0 Å². The lowest BCUT2D eigenvalue weighted by molar-refractivity contribution is 0.0865. The van der Waals surface area contributed by atoms with Crippen LogP contribution in [0.3, 0.4) is 0 Å². The van der Waals surface area contributed by atoms with Crippen LogP contribution in [0, 0.1) is 0 Å². The number of Topliss-reactive ketones (excluding diaryl/α,β-unsaturated/α-hetero) is 1. The standard InChI is InChI=1S/C23H28ClNO5/c1-4-20(27)21-12-19(23(28)25-16-5-7-17(26)8-6-16)22(30-21)13(2)14-9-15(24)11-18(10-14)29-3/h9-13,16-17,26H,4-8H2,1-3H3,(H,25,28)/t13-,16?,17?/m0/s1. The minimum Gasteiger partial charge on any atom is -0.497 e.